The normalized spacial score (nSPS) is 14.0. The molecular weight excluding hydrogens is 396 g/mol. The first kappa shape index (κ1) is 20.5. The number of nitro benzene ring substituents is 1. The number of hydrogen-bond donors (Lipinski definition) is 0. The summed E-state index contributed by atoms with van der Waals surface area (Å²) in [6.45, 7) is 4.21. The summed E-state index contributed by atoms with van der Waals surface area (Å²) < 4.78 is 0. The number of para-hydroxylation sites is 2. The van der Waals surface area contributed by atoms with Gasteiger partial charge in [-0.2, -0.15) is 0 Å². The Balaban J connectivity index is 1.50. The van der Waals surface area contributed by atoms with Crippen molar-refractivity contribution in [1.29, 1.82) is 0 Å². The van der Waals surface area contributed by atoms with Gasteiger partial charge in [0.05, 0.1) is 21.7 Å². The van der Waals surface area contributed by atoms with Gasteiger partial charge in [0.15, 0.2) is 5.82 Å². The molecule has 9 nitrogen and oxygen atoms in total. The molecule has 9 heteroatoms. The zero-order valence-corrected chi connectivity index (χ0v) is 17.8. The Morgan fingerprint density at radius 2 is 1.68 bits per heavy atom. The number of aromatic nitrogens is 2. The number of fused-ring (bicyclic) bond motifs is 1. The van der Waals surface area contributed by atoms with Crippen molar-refractivity contribution >= 4 is 34.1 Å². The van der Waals surface area contributed by atoms with Crippen LogP contribution in [0.25, 0.3) is 11.0 Å². The van der Waals surface area contributed by atoms with Crippen LogP contribution in [-0.2, 0) is 0 Å². The molecule has 0 spiro atoms. The number of aryl methyl sites for hydroxylation is 1. The van der Waals surface area contributed by atoms with Crippen molar-refractivity contribution in [3.05, 3.63) is 63.8 Å². The van der Waals surface area contributed by atoms with Crippen LogP contribution in [0.4, 0.5) is 17.2 Å². The third-order valence-electron chi connectivity index (χ3n) is 5.49. The fourth-order valence-electron chi connectivity index (χ4n) is 3.86. The van der Waals surface area contributed by atoms with Crippen LogP contribution in [-0.4, -0.2) is 66.0 Å². The van der Waals surface area contributed by atoms with Crippen molar-refractivity contribution in [3.63, 3.8) is 0 Å². The number of hydrogen-bond acceptors (Lipinski definition) is 7. The van der Waals surface area contributed by atoms with E-state index >= 15 is 0 Å². The molecule has 1 saturated heterocycles. The van der Waals surface area contributed by atoms with Crippen LogP contribution in [0, 0.1) is 17.0 Å². The average Bonchev–Trinajstić information content (AvgIpc) is 2.77. The molecule has 0 radical (unpaired) electrons. The molecule has 0 N–H and O–H groups in total. The van der Waals surface area contributed by atoms with Crippen LogP contribution >= 0.6 is 0 Å². The summed E-state index contributed by atoms with van der Waals surface area (Å²) in [6, 6.07) is 12.4. The minimum absolute atomic E-state index is 0.0726. The van der Waals surface area contributed by atoms with Crippen LogP contribution in [0.1, 0.15) is 16.1 Å². The Labute approximate surface area is 180 Å². The highest BCUT2D eigenvalue weighted by molar-refractivity contribution is 5.96. The van der Waals surface area contributed by atoms with Gasteiger partial charge in [-0.3, -0.25) is 14.9 Å². The molecule has 31 heavy (non-hydrogen) atoms. The minimum Gasteiger partial charge on any atom is -0.372 e. The average molecular weight is 420 g/mol. The predicted molar refractivity (Wildman–Crippen MR) is 120 cm³/mol. The van der Waals surface area contributed by atoms with Crippen molar-refractivity contribution in [1.82, 2.24) is 14.9 Å². The number of amides is 1. The van der Waals surface area contributed by atoms with Crippen LogP contribution in [0.15, 0.2) is 42.5 Å². The first-order chi connectivity index (χ1) is 14.8. The number of anilines is 2. The molecule has 1 fully saturated rings. The summed E-state index contributed by atoms with van der Waals surface area (Å²) >= 11 is 0. The molecule has 2 heterocycles. The summed E-state index contributed by atoms with van der Waals surface area (Å²) in [4.78, 5) is 38.9. The van der Waals surface area contributed by atoms with E-state index in [1.165, 1.54) is 6.07 Å². The molecule has 3 aromatic rings. The topological polar surface area (TPSA) is 95.7 Å². The second-order valence-electron chi connectivity index (χ2n) is 7.76. The molecule has 0 unspecified atom stereocenters. The lowest BCUT2D eigenvalue weighted by Crippen LogP contribution is -2.49. The van der Waals surface area contributed by atoms with Gasteiger partial charge in [-0.1, -0.05) is 12.1 Å². The maximum atomic E-state index is 13.0. The SMILES string of the molecule is Cc1nc2ccccc2nc1N1CCN(C(=O)c2ccc(N(C)C)c([N+](=O)[O-])c2)CC1. The van der Waals surface area contributed by atoms with Gasteiger partial charge < -0.3 is 14.7 Å². The number of piperazine rings is 1. The Morgan fingerprint density at radius 1 is 1.03 bits per heavy atom. The fraction of sp³-hybridized carbons (Fsp3) is 0.318. The number of nitro groups is 1. The highest BCUT2D eigenvalue weighted by Crippen LogP contribution is 2.28. The van der Waals surface area contributed by atoms with E-state index in [0.717, 1.165) is 22.5 Å². The van der Waals surface area contributed by atoms with Gasteiger partial charge in [0.25, 0.3) is 11.6 Å². The van der Waals surface area contributed by atoms with E-state index in [0.29, 0.717) is 37.4 Å². The highest BCUT2D eigenvalue weighted by atomic mass is 16.6. The number of rotatable bonds is 4. The Hall–Kier alpha value is -3.75. The van der Waals surface area contributed by atoms with Gasteiger partial charge >= 0.3 is 0 Å². The molecule has 0 atom stereocenters. The molecule has 0 aliphatic carbocycles. The first-order valence-corrected chi connectivity index (χ1v) is 10.1. The van der Waals surface area contributed by atoms with Crippen molar-refractivity contribution in [2.45, 2.75) is 6.92 Å². The Kier molecular flexibility index (Phi) is 5.41. The number of benzene rings is 2. The van der Waals surface area contributed by atoms with Gasteiger partial charge in [0.2, 0.25) is 0 Å². The lowest BCUT2D eigenvalue weighted by Gasteiger charge is -2.36. The minimum atomic E-state index is -0.453. The van der Waals surface area contributed by atoms with Crippen molar-refractivity contribution in [2.75, 3.05) is 50.1 Å². The van der Waals surface area contributed by atoms with Crippen LogP contribution in [0.2, 0.25) is 0 Å². The molecule has 0 saturated carbocycles. The van der Waals surface area contributed by atoms with E-state index in [9.17, 15) is 14.9 Å². The molecule has 2 aromatic carbocycles. The number of carbonyl (C=O) groups excluding carboxylic acids is 1. The third-order valence-corrected chi connectivity index (χ3v) is 5.49. The van der Waals surface area contributed by atoms with E-state index in [1.807, 2.05) is 31.2 Å². The molecule has 1 aliphatic rings. The van der Waals surface area contributed by atoms with Crippen molar-refractivity contribution in [2.24, 2.45) is 0 Å². The number of nitrogens with zero attached hydrogens (tertiary/aromatic N) is 6. The predicted octanol–water partition coefficient (Wildman–Crippen LogP) is 2.87. The van der Waals surface area contributed by atoms with Crippen molar-refractivity contribution < 1.29 is 9.72 Å². The summed E-state index contributed by atoms with van der Waals surface area (Å²) in [7, 11) is 3.47. The lowest BCUT2D eigenvalue weighted by molar-refractivity contribution is -0.384. The molecule has 160 valence electrons. The molecule has 1 amide bonds. The first-order valence-electron chi connectivity index (χ1n) is 10.1. The fourth-order valence-corrected chi connectivity index (χ4v) is 3.86. The van der Waals surface area contributed by atoms with Crippen molar-refractivity contribution in [3.8, 4) is 0 Å². The molecule has 1 aliphatic heterocycles. The molecule has 1 aromatic heterocycles. The molecular formula is C22H24N6O3. The standard InChI is InChI=1S/C22H24N6O3/c1-15-21(24-18-7-5-4-6-17(18)23-15)26-10-12-27(13-11-26)22(29)16-8-9-19(25(2)3)20(14-16)28(30)31/h4-9,14H,10-13H2,1-3H3. The zero-order valence-electron chi connectivity index (χ0n) is 17.8. The third kappa shape index (κ3) is 3.98. The zero-order chi connectivity index (χ0) is 22.1. The maximum Gasteiger partial charge on any atom is 0.293 e. The number of carbonyl (C=O) groups is 1. The summed E-state index contributed by atoms with van der Waals surface area (Å²) in [5, 5.41) is 11.4. The van der Waals surface area contributed by atoms with E-state index in [2.05, 4.69) is 9.88 Å². The summed E-state index contributed by atoms with van der Waals surface area (Å²) in [6.07, 6.45) is 0. The van der Waals surface area contributed by atoms with Crippen LogP contribution < -0.4 is 9.80 Å². The van der Waals surface area contributed by atoms with E-state index < -0.39 is 4.92 Å². The summed E-state index contributed by atoms with van der Waals surface area (Å²) in [5.41, 5.74) is 3.28. The monoisotopic (exact) mass is 420 g/mol. The van der Waals surface area contributed by atoms with Gasteiger partial charge in [-0.25, -0.2) is 9.97 Å². The van der Waals surface area contributed by atoms with E-state index in [1.54, 1.807) is 36.0 Å². The van der Waals surface area contributed by atoms with Gasteiger partial charge in [-0.15, -0.1) is 0 Å². The van der Waals surface area contributed by atoms with E-state index in [4.69, 9.17) is 4.98 Å². The second kappa shape index (κ2) is 8.17. The Bertz CT molecular complexity index is 1160. The van der Waals surface area contributed by atoms with Gasteiger partial charge in [0.1, 0.15) is 5.69 Å². The van der Waals surface area contributed by atoms with E-state index in [-0.39, 0.29) is 11.6 Å². The van der Waals surface area contributed by atoms with Crippen LogP contribution in [0.3, 0.4) is 0 Å². The quantitative estimate of drug-likeness (QED) is 0.473. The van der Waals surface area contributed by atoms with Gasteiger partial charge in [-0.05, 0) is 31.2 Å². The Morgan fingerprint density at radius 3 is 2.29 bits per heavy atom. The summed E-state index contributed by atoms with van der Waals surface area (Å²) in [5.74, 6) is 0.631. The van der Waals surface area contributed by atoms with Gasteiger partial charge in [0, 0.05) is 51.9 Å². The second-order valence-corrected chi connectivity index (χ2v) is 7.76. The smallest absolute Gasteiger partial charge is 0.293 e. The highest BCUT2D eigenvalue weighted by Gasteiger charge is 2.26. The molecule has 0 bridgehead atoms. The molecule has 4 rings (SSSR count). The van der Waals surface area contributed by atoms with Crippen LogP contribution in [0.5, 0.6) is 0 Å². The lowest BCUT2D eigenvalue weighted by atomic mass is 10.1. The largest absolute Gasteiger partial charge is 0.372 e. The maximum absolute atomic E-state index is 13.0.